The number of rotatable bonds is 11. The number of nitrogens with one attached hydrogen (secondary N) is 1. The Hall–Kier alpha value is -3.60. The van der Waals surface area contributed by atoms with Crippen molar-refractivity contribution < 1.29 is 34.0 Å². The summed E-state index contributed by atoms with van der Waals surface area (Å²) in [4.78, 5) is 25.8. The molecule has 0 radical (unpaired) electrons. The number of amides is 1. The van der Waals surface area contributed by atoms with Gasteiger partial charge in [-0.1, -0.05) is 78.9 Å². The van der Waals surface area contributed by atoms with E-state index < -0.39 is 18.4 Å². The van der Waals surface area contributed by atoms with Gasteiger partial charge in [0.2, 0.25) is 0 Å². The molecule has 2 aliphatic heterocycles. The van der Waals surface area contributed by atoms with Crippen LogP contribution in [0.2, 0.25) is 0 Å². The molecule has 2 aliphatic rings. The van der Waals surface area contributed by atoms with Crippen LogP contribution < -0.4 is 5.32 Å². The van der Waals surface area contributed by atoms with Crippen LogP contribution in [-0.4, -0.2) is 64.9 Å². The van der Waals surface area contributed by atoms with Crippen molar-refractivity contribution in [1.82, 2.24) is 10.2 Å². The quantitative estimate of drug-likeness (QED) is 0.281. The van der Waals surface area contributed by atoms with E-state index >= 15 is 0 Å². The molecule has 3 N–H and O–H groups in total. The van der Waals surface area contributed by atoms with Crippen LogP contribution in [0, 0.1) is 0 Å². The maximum atomic E-state index is 12.3. The second-order valence-corrected chi connectivity index (χ2v) is 11.6. The molecule has 234 valence electrons. The molecule has 3 aromatic carbocycles. The van der Waals surface area contributed by atoms with Gasteiger partial charge < -0.3 is 29.7 Å². The SMILES string of the molecule is CC(=O)O[C@@H](C)C(=O)NCc1ccc(C2O[C@H](CN3CCC[C@H]3CO)[C@@H](c3ccccc3)[C@H](c3ccc(CO)cc3)O2)cc1. The number of hydrogen-bond acceptors (Lipinski definition) is 8. The summed E-state index contributed by atoms with van der Waals surface area (Å²) in [6, 6.07) is 26.0. The van der Waals surface area contributed by atoms with Crippen LogP contribution in [0.3, 0.4) is 0 Å². The summed E-state index contributed by atoms with van der Waals surface area (Å²) < 4.78 is 18.5. The van der Waals surface area contributed by atoms with Crippen LogP contribution in [0.25, 0.3) is 0 Å². The van der Waals surface area contributed by atoms with E-state index in [2.05, 4.69) is 22.3 Å². The van der Waals surface area contributed by atoms with Crippen molar-refractivity contribution in [3.63, 3.8) is 0 Å². The zero-order chi connectivity index (χ0) is 31.1. The first-order chi connectivity index (χ1) is 21.4. The van der Waals surface area contributed by atoms with Gasteiger partial charge >= 0.3 is 5.97 Å². The molecule has 0 spiro atoms. The van der Waals surface area contributed by atoms with Crippen molar-refractivity contribution in [3.8, 4) is 0 Å². The molecule has 44 heavy (non-hydrogen) atoms. The number of carbonyl (C=O) groups is 2. The summed E-state index contributed by atoms with van der Waals surface area (Å²) >= 11 is 0. The van der Waals surface area contributed by atoms with Gasteiger partial charge in [0.15, 0.2) is 12.4 Å². The highest BCUT2D eigenvalue weighted by molar-refractivity contribution is 5.82. The van der Waals surface area contributed by atoms with Gasteiger partial charge in [-0.05, 0) is 48.6 Å². The number of likely N-dealkylation sites (tertiary alicyclic amines) is 1. The van der Waals surface area contributed by atoms with Gasteiger partial charge in [-0.2, -0.15) is 0 Å². The Bertz CT molecular complexity index is 1370. The Labute approximate surface area is 258 Å². The van der Waals surface area contributed by atoms with Gasteiger partial charge in [0.1, 0.15) is 0 Å². The Morgan fingerprint density at radius 2 is 1.61 bits per heavy atom. The fraction of sp³-hybridized carbons (Fsp3) is 0.429. The number of aliphatic hydroxyl groups is 2. The molecular weight excluding hydrogens is 560 g/mol. The van der Waals surface area contributed by atoms with E-state index in [0.29, 0.717) is 6.54 Å². The maximum Gasteiger partial charge on any atom is 0.303 e. The van der Waals surface area contributed by atoms with Crippen molar-refractivity contribution in [3.05, 3.63) is 107 Å². The maximum absolute atomic E-state index is 12.3. The summed E-state index contributed by atoms with van der Waals surface area (Å²) in [7, 11) is 0. The van der Waals surface area contributed by atoms with Crippen LogP contribution in [0.1, 0.15) is 72.8 Å². The highest BCUT2D eigenvalue weighted by Gasteiger charge is 2.43. The van der Waals surface area contributed by atoms with Crippen molar-refractivity contribution >= 4 is 11.9 Å². The molecule has 9 nitrogen and oxygen atoms in total. The number of carbonyl (C=O) groups excluding carboxylic acids is 2. The number of aliphatic hydroxyl groups excluding tert-OH is 2. The largest absolute Gasteiger partial charge is 0.453 e. The molecule has 2 saturated heterocycles. The monoisotopic (exact) mass is 602 g/mol. The number of ether oxygens (including phenoxy) is 3. The molecule has 3 aromatic rings. The third-order valence-electron chi connectivity index (χ3n) is 8.53. The lowest BCUT2D eigenvalue weighted by Crippen LogP contribution is -2.46. The van der Waals surface area contributed by atoms with Crippen LogP contribution in [0.5, 0.6) is 0 Å². The summed E-state index contributed by atoms with van der Waals surface area (Å²) in [5.41, 5.74) is 4.67. The average molecular weight is 603 g/mol. The molecule has 0 saturated carbocycles. The van der Waals surface area contributed by atoms with Crippen molar-refractivity contribution in [2.24, 2.45) is 0 Å². The predicted octanol–water partition coefficient (Wildman–Crippen LogP) is 4.14. The smallest absolute Gasteiger partial charge is 0.303 e. The Morgan fingerprint density at radius 3 is 2.27 bits per heavy atom. The van der Waals surface area contributed by atoms with E-state index in [0.717, 1.165) is 47.2 Å². The summed E-state index contributed by atoms with van der Waals surface area (Å²) in [5.74, 6) is -0.978. The van der Waals surface area contributed by atoms with Crippen LogP contribution in [0.15, 0.2) is 78.9 Å². The molecule has 0 aromatic heterocycles. The lowest BCUT2D eigenvalue weighted by molar-refractivity contribution is -0.264. The third kappa shape index (κ3) is 7.72. The predicted molar refractivity (Wildman–Crippen MR) is 164 cm³/mol. The van der Waals surface area contributed by atoms with Gasteiger partial charge in [0.05, 0.1) is 25.4 Å². The minimum absolute atomic E-state index is 0.0325. The zero-order valence-corrected chi connectivity index (χ0v) is 25.3. The summed E-state index contributed by atoms with van der Waals surface area (Å²) in [6.07, 6.45) is -0.0705. The van der Waals surface area contributed by atoms with E-state index in [1.165, 1.54) is 13.8 Å². The van der Waals surface area contributed by atoms with Gasteiger partial charge in [0, 0.05) is 37.5 Å². The minimum Gasteiger partial charge on any atom is -0.453 e. The number of esters is 1. The van der Waals surface area contributed by atoms with E-state index in [-0.39, 0.29) is 49.8 Å². The minimum atomic E-state index is -0.866. The average Bonchev–Trinajstić information content (AvgIpc) is 3.50. The second-order valence-electron chi connectivity index (χ2n) is 11.6. The van der Waals surface area contributed by atoms with Crippen molar-refractivity contribution in [2.45, 2.75) is 76.4 Å². The van der Waals surface area contributed by atoms with E-state index in [4.69, 9.17) is 14.2 Å². The lowest BCUT2D eigenvalue weighted by Gasteiger charge is -2.44. The van der Waals surface area contributed by atoms with Crippen molar-refractivity contribution in [1.29, 1.82) is 0 Å². The molecule has 2 fully saturated rings. The molecule has 1 amide bonds. The first kappa shape index (κ1) is 31.8. The molecule has 9 heteroatoms. The van der Waals surface area contributed by atoms with Crippen LogP contribution in [0.4, 0.5) is 0 Å². The Morgan fingerprint density at radius 1 is 0.932 bits per heavy atom. The van der Waals surface area contributed by atoms with Crippen molar-refractivity contribution in [2.75, 3.05) is 19.7 Å². The topological polar surface area (TPSA) is 118 Å². The second kappa shape index (κ2) is 14.9. The fourth-order valence-electron chi connectivity index (χ4n) is 6.17. The van der Waals surface area contributed by atoms with Crippen LogP contribution >= 0.6 is 0 Å². The van der Waals surface area contributed by atoms with Gasteiger partial charge in [-0.3, -0.25) is 14.5 Å². The standard InChI is InChI=1S/C35H42N2O7/c1-23(42-24(2)40)34(41)36-19-25-10-16-29(17-11-25)35-43-31(20-37-18-6-9-30(37)22-39)32(27-7-4-3-5-8-27)33(44-35)28-14-12-26(21-38)13-15-28/h3-5,7-8,10-17,23,30-33,35,38-39H,6,9,18-22H2,1-2H3,(H,36,41)/t23-,30-,31+,32+,33-,35?/m0/s1. The Balaban J connectivity index is 1.41. The highest BCUT2D eigenvalue weighted by Crippen LogP contribution is 2.47. The summed E-state index contributed by atoms with van der Waals surface area (Å²) in [6.45, 7) is 4.74. The van der Waals surface area contributed by atoms with Gasteiger partial charge in [-0.15, -0.1) is 0 Å². The third-order valence-corrected chi connectivity index (χ3v) is 8.53. The molecule has 5 rings (SSSR count). The lowest BCUT2D eigenvalue weighted by atomic mass is 9.83. The summed E-state index contributed by atoms with van der Waals surface area (Å²) in [5, 5.41) is 22.5. The number of nitrogens with zero attached hydrogens (tertiary/aromatic N) is 1. The first-order valence-electron chi connectivity index (χ1n) is 15.3. The molecule has 1 unspecified atom stereocenters. The van der Waals surface area contributed by atoms with Crippen LogP contribution in [-0.2, 0) is 37.0 Å². The molecule has 0 aliphatic carbocycles. The zero-order valence-electron chi connectivity index (χ0n) is 25.3. The molecule has 6 atom stereocenters. The number of hydrogen-bond donors (Lipinski definition) is 3. The van der Waals surface area contributed by atoms with E-state index in [9.17, 15) is 19.8 Å². The van der Waals surface area contributed by atoms with Gasteiger partial charge in [-0.25, -0.2) is 0 Å². The molecule has 2 heterocycles. The Kier molecular flexibility index (Phi) is 10.8. The van der Waals surface area contributed by atoms with Gasteiger partial charge in [0.25, 0.3) is 5.91 Å². The first-order valence-corrected chi connectivity index (χ1v) is 15.3. The highest BCUT2D eigenvalue weighted by atomic mass is 16.7. The normalized spacial score (nSPS) is 24.5. The molecular formula is C35H42N2O7. The molecule has 0 bridgehead atoms. The number of benzene rings is 3. The van der Waals surface area contributed by atoms with E-state index in [1.807, 2.05) is 66.7 Å². The van der Waals surface area contributed by atoms with E-state index in [1.54, 1.807) is 0 Å². The fourth-order valence-corrected chi connectivity index (χ4v) is 6.17.